The van der Waals surface area contributed by atoms with Crippen molar-refractivity contribution < 1.29 is 67.4 Å². The number of rotatable bonds is 39. The molecule has 1 unspecified atom stereocenters. The van der Waals surface area contributed by atoms with Gasteiger partial charge in [0.15, 0.2) is 17.7 Å². The standard InChI is InChI=1S/C79H101N9O14S/c1-10-12-22-43-101-88(77(98)73(52(5)11-2)85-75(97)65-29-20-21-42-86(65)9)66(51(3)4)46-68(102-53(6)89)76-84-63(50-103-76)74(96)82-60(47-79(7,8)78(99)100)44-55-30-34-59(35-31-55)81-70(93)39-37-67(91)62(45-54-23-14-13-15-24-54)83-71(94)38-36-61(90)48-80-69(92)40-41-72(95)87-49-58-27-17-16-25-56(58)32-33-57-26-18-19-28-64(57)87/h13-19,23-28,30-31,34-35,50-52,60,62,65-66,68,73H,10-12,20-22,29,36-49H2,1-9H3,(H,80,92)(H,81,93)(H,82,96)(H,83,94)(H,85,97)(H,99,100)/t52-,60-,62-,65+,66+,68+,73?/m0/s1. The Kier molecular flexibility index (Phi) is 31.3. The Morgan fingerprint density at radius 2 is 1.42 bits per heavy atom. The number of ether oxygens (including phenoxy) is 1. The number of carboxylic acid groups (broad SMARTS) is 1. The molecule has 0 bridgehead atoms. The minimum atomic E-state index is -1.30. The number of carboxylic acids is 1. The van der Waals surface area contributed by atoms with E-state index in [9.17, 15) is 57.8 Å². The number of likely N-dealkylation sites (tertiary alicyclic amines) is 1. The van der Waals surface area contributed by atoms with Gasteiger partial charge in [0.1, 0.15) is 16.7 Å². The van der Waals surface area contributed by atoms with Crippen molar-refractivity contribution in [1.82, 2.24) is 36.2 Å². The van der Waals surface area contributed by atoms with E-state index in [-0.39, 0.29) is 124 Å². The average molecular weight is 1430 g/mol. The van der Waals surface area contributed by atoms with E-state index in [0.29, 0.717) is 41.8 Å². The predicted molar refractivity (Wildman–Crippen MR) is 393 cm³/mol. The summed E-state index contributed by atoms with van der Waals surface area (Å²) in [4.78, 5) is 163. The Bertz CT molecular complexity index is 3830. The molecular weight excluding hydrogens is 1330 g/mol. The van der Waals surface area contributed by atoms with E-state index in [2.05, 4.69) is 50.3 Å². The number of thiazole rings is 1. The fraction of sp³-hybridized carbons (Fsp3) is 0.494. The van der Waals surface area contributed by atoms with Gasteiger partial charge in [0.2, 0.25) is 29.5 Å². The third-order valence-electron chi connectivity index (χ3n) is 18.8. The number of unbranched alkanes of at least 4 members (excludes halogenated alkanes) is 2. The number of Topliss-reactive ketones (excluding diaryl/α,β-unsaturated/α-hetero) is 2. The van der Waals surface area contributed by atoms with Crippen LogP contribution in [0, 0.1) is 29.1 Å². The maximum Gasteiger partial charge on any atom is 0.309 e. The molecule has 0 aliphatic carbocycles. The van der Waals surface area contributed by atoms with E-state index in [4.69, 9.17) is 9.57 Å². The Morgan fingerprint density at radius 1 is 0.748 bits per heavy atom. The number of ketones is 2. The number of amides is 7. The Hall–Kier alpha value is -9.44. The monoisotopic (exact) mass is 1430 g/mol. The summed E-state index contributed by atoms with van der Waals surface area (Å²) in [6.07, 6.45) is 3.58. The second kappa shape index (κ2) is 39.8. The lowest BCUT2D eigenvalue weighted by atomic mass is 9.84. The molecule has 0 radical (unpaired) electrons. The second-order valence-electron chi connectivity index (χ2n) is 27.8. The third kappa shape index (κ3) is 24.9. The summed E-state index contributed by atoms with van der Waals surface area (Å²) in [5, 5.41) is 27.6. The molecule has 7 atom stereocenters. The van der Waals surface area contributed by atoms with Gasteiger partial charge < -0.3 is 41.3 Å². The van der Waals surface area contributed by atoms with Gasteiger partial charge in [-0.3, -0.25) is 62.5 Å². The van der Waals surface area contributed by atoms with E-state index >= 15 is 0 Å². The number of likely N-dealkylation sites (N-methyl/N-ethyl adjacent to an activating group) is 1. The molecule has 1 saturated heterocycles. The zero-order valence-electron chi connectivity index (χ0n) is 60.8. The average Bonchev–Trinajstić information content (AvgIpc) is 1.61. The summed E-state index contributed by atoms with van der Waals surface area (Å²) < 4.78 is 5.94. The highest BCUT2D eigenvalue weighted by atomic mass is 32.1. The first-order valence-electron chi connectivity index (χ1n) is 35.9. The van der Waals surface area contributed by atoms with Crippen LogP contribution < -0.4 is 31.5 Å². The molecule has 7 amide bonds. The fourth-order valence-corrected chi connectivity index (χ4v) is 13.3. The number of piperidine rings is 1. The van der Waals surface area contributed by atoms with Crippen molar-refractivity contribution in [2.75, 3.05) is 37.0 Å². The van der Waals surface area contributed by atoms with E-state index in [1.807, 2.05) is 94.2 Å². The lowest BCUT2D eigenvalue weighted by Gasteiger charge is -2.39. The molecule has 1 aromatic heterocycles. The maximum absolute atomic E-state index is 15.0. The molecular formula is C79H101N9O14S. The predicted octanol–water partition coefficient (Wildman–Crippen LogP) is 10.2. The van der Waals surface area contributed by atoms with Gasteiger partial charge in [-0.2, -0.15) is 0 Å². The van der Waals surface area contributed by atoms with Crippen LogP contribution in [0.3, 0.4) is 0 Å². The largest absolute Gasteiger partial charge is 0.481 e. The number of para-hydroxylation sites is 1. The van der Waals surface area contributed by atoms with Crippen molar-refractivity contribution in [2.24, 2.45) is 17.3 Å². The van der Waals surface area contributed by atoms with Gasteiger partial charge in [0.05, 0.1) is 48.9 Å². The summed E-state index contributed by atoms with van der Waals surface area (Å²) in [6.45, 7) is 15.1. The molecule has 4 aromatic carbocycles. The highest BCUT2D eigenvalue weighted by Crippen LogP contribution is 2.34. The van der Waals surface area contributed by atoms with E-state index < -0.39 is 88.7 Å². The highest BCUT2D eigenvalue weighted by molar-refractivity contribution is 7.09. The smallest absolute Gasteiger partial charge is 0.309 e. The van der Waals surface area contributed by atoms with Crippen LogP contribution >= 0.6 is 11.3 Å². The molecule has 1 fully saturated rings. The Balaban J connectivity index is 0.932. The first-order valence-corrected chi connectivity index (χ1v) is 36.8. The molecule has 3 heterocycles. The van der Waals surface area contributed by atoms with Gasteiger partial charge in [-0.25, -0.2) is 10.0 Å². The maximum atomic E-state index is 15.0. The van der Waals surface area contributed by atoms with Gasteiger partial charge in [0.25, 0.3) is 11.8 Å². The molecule has 24 heteroatoms. The SMILES string of the molecule is CCCCCON(C(=O)C(NC(=O)[C@H]1CCCCN1C)[C@@H](C)CC)[C@H](C[C@@H](OC(C)=O)c1nc(C(=O)N[C@@H](Cc2ccc(NC(=O)CCC(=O)[C@H](Cc3ccccc3)NC(=O)CCC(=O)CNC(=O)CCC(=O)N3Cc4ccccc4C#Cc4ccccc43)cc2)CC(C)(C)C(=O)O)cs1)C(C)C. The number of aromatic nitrogens is 1. The Labute approximate surface area is 608 Å². The summed E-state index contributed by atoms with van der Waals surface area (Å²) in [7, 11) is 1.91. The van der Waals surface area contributed by atoms with Crippen molar-refractivity contribution in [3.63, 3.8) is 0 Å². The number of esters is 1. The van der Waals surface area contributed by atoms with Gasteiger partial charge in [0, 0.05) is 80.1 Å². The normalized spacial score (nSPS) is 15.3. The quantitative estimate of drug-likeness (QED) is 0.00922. The second-order valence-corrected chi connectivity index (χ2v) is 28.7. The minimum absolute atomic E-state index is 0.000429. The molecule has 23 nitrogen and oxygen atoms in total. The first kappa shape index (κ1) is 80.9. The number of hydrogen-bond acceptors (Lipinski definition) is 16. The minimum Gasteiger partial charge on any atom is -0.481 e. The highest BCUT2D eigenvalue weighted by Gasteiger charge is 2.41. The van der Waals surface area contributed by atoms with Crippen LogP contribution in [0.5, 0.6) is 0 Å². The summed E-state index contributed by atoms with van der Waals surface area (Å²) >= 11 is 1.09. The Morgan fingerprint density at radius 3 is 2.11 bits per heavy atom. The lowest BCUT2D eigenvalue weighted by Crippen LogP contribution is -2.58. The number of carbonyl (C=O) groups excluding carboxylic acids is 10. The van der Waals surface area contributed by atoms with Crippen LogP contribution in [0.1, 0.15) is 201 Å². The summed E-state index contributed by atoms with van der Waals surface area (Å²) in [6, 6.07) is 26.8. The summed E-state index contributed by atoms with van der Waals surface area (Å²) in [5.74, 6) is 0.135. The first-order chi connectivity index (χ1) is 49.2. The van der Waals surface area contributed by atoms with Crippen molar-refractivity contribution >= 4 is 87.6 Å². The number of nitrogens with zero attached hydrogens (tertiary/aromatic N) is 4. The lowest BCUT2D eigenvalue weighted by molar-refractivity contribution is -0.213. The van der Waals surface area contributed by atoms with Crippen LogP contribution in [0.2, 0.25) is 0 Å². The number of fused-ring (bicyclic) bond motifs is 2. The molecule has 0 saturated carbocycles. The fourth-order valence-electron chi connectivity index (χ4n) is 12.4. The molecule has 2 aliphatic heterocycles. The molecule has 552 valence electrons. The van der Waals surface area contributed by atoms with Crippen molar-refractivity contribution in [3.05, 3.63) is 147 Å². The van der Waals surface area contributed by atoms with Crippen molar-refractivity contribution in [2.45, 2.75) is 207 Å². The van der Waals surface area contributed by atoms with Gasteiger partial charge in [-0.15, -0.1) is 11.3 Å². The molecule has 0 spiro atoms. The number of aliphatic carboxylic acids is 1. The van der Waals surface area contributed by atoms with E-state index in [1.54, 1.807) is 67.3 Å². The van der Waals surface area contributed by atoms with Crippen LogP contribution in [0.25, 0.3) is 0 Å². The van der Waals surface area contributed by atoms with Crippen LogP contribution in [-0.2, 0) is 76.9 Å². The summed E-state index contributed by atoms with van der Waals surface area (Å²) in [5.41, 5.74) is 3.51. The number of carbonyl (C=O) groups is 11. The molecule has 2 aliphatic rings. The molecule has 103 heavy (non-hydrogen) atoms. The zero-order valence-corrected chi connectivity index (χ0v) is 61.6. The van der Waals surface area contributed by atoms with Crippen LogP contribution in [0.4, 0.5) is 11.4 Å². The van der Waals surface area contributed by atoms with E-state index in [0.717, 1.165) is 60.3 Å². The third-order valence-corrected chi connectivity index (χ3v) is 19.7. The molecule has 7 rings (SSSR count). The molecule has 6 N–H and O–H groups in total. The van der Waals surface area contributed by atoms with Crippen molar-refractivity contribution in [1.29, 1.82) is 0 Å². The van der Waals surface area contributed by atoms with Gasteiger partial charge in [-0.05, 0) is 125 Å². The van der Waals surface area contributed by atoms with Crippen LogP contribution in [0.15, 0.2) is 109 Å². The van der Waals surface area contributed by atoms with E-state index in [1.165, 1.54) is 17.4 Å². The van der Waals surface area contributed by atoms with Gasteiger partial charge in [-0.1, -0.05) is 145 Å². The zero-order chi connectivity index (χ0) is 74.8. The number of hydrogen-bond donors (Lipinski definition) is 6. The number of benzene rings is 4. The van der Waals surface area contributed by atoms with Crippen molar-refractivity contribution in [3.8, 4) is 11.8 Å². The topological polar surface area (TPSA) is 309 Å². The number of anilines is 2. The van der Waals surface area contributed by atoms with Crippen LogP contribution in [-0.4, -0.2) is 142 Å². The number of nitrogens with one attached hydrogen (secondary N) is 5. The number of hydroxylamine groups is 2. The van der Waals surface area contributed by atoms with Gasteiger partial charge >= 0.3 is 11.9 Å². The molecule has 5 aromatic rings.